The number of hydrogen-bond acceptors (Lipinski definition) is 7. The summed E-state index contributed by atoms with van der Waals surface area (Å²) in [6.45, 7) is 6.94. The second kappa shape index (κ2) is 21.9. The van der Waals surface area contributed by atoms with Gasteiger partial charge in [0.25, 0.3) is 0 Å². The van der Waals surface area contributed by atoms with Crippen LogP contribution in [0.1, 0.15) is 72.1 Å². The quantitative estimate of drug-likeness (QED) is 0.297. The molecule has 0 rings (SSSR count). The molecule has 0 aliphatic heterocycles. The van der Waals surface area contributed by atoms with Crippen LogP contribution in [-0.4, -0.2) is 61.2 Å². The molecule has 3 N–H and O–H groups in total. The van der Waals surface area contributed by atoms with Gasteiger partial charge in [0.05, 0.1) is 19.8 Å². The van der Waals surface area contributed by atoms with Gasteiger partial charge in [0, 0.05) is 13.2 Å². The molecule has 0 bridgehead atoms. The van der Waals surface area contributed by atoms with Crippen LogP contribution in [0.4, 0.5) is 0 Å². The fraction of sp³-hybridized carbons (Fsp3) is 0.895. The number of hydrogen-bond donors (Lipinski definition) is 3. The third-order valence-electron chi connectivity index (χ3n) is 3.53. The first-order valence-electron chi connectivity index (χ1n) is 9.84. The number of rotatable bonds is 15. The third kappa shape index (κ3) is 19.1. The number of aliphatic hydroxyl groups excluding tert-OH is 2. The van der Waals surface area contributed by atoms with Crippen molar-refractivity contribution in [3.05, 3.63) is 0 Å². The topological polar surface area (TPSA) is 105 Å². The lowest BCUT2D eigenvalue weighted by Crippen LogP contribution is -2.41. The zero-order valence-electron chi connectivity index (χ0n) is 16.8. The van der Waals surface area contributed by atoms with Gasteiger partial charge in [0.15, 0.2) is 0 Å². The Kier molecular flexibility index (Phi) is 22.7. The van der Waals surface area contributed by atoms with Crippen LogP contribution >= 0.6 is 0 Å². The van der Waals surface area contributed by atoms with E-state index in [1.165, 1.54) is 0 Å². The summed E-state index contributed by atoms with van der Waals surface area (Å²) in [5, 5.41) is 19.5. The first-order valence-corrected chi connectivity index (χ1v) is 9.84. The second-order valence-electron chi connectivity index (χ2n) is 5.85. The van der Waals surface area contributed by atoms with Crippen molar-refractivity contribution >= 4 is 11.9 Å². The first-order chi connectivity index (χ1) is 12.6. The van der Waals surface area contributed by atoms with Crippen LogP contribution in [0.3, 0.4) is 0 Å². The minimum atomic E-state index is -0.416. The Morgan fingerprint density at radius 2 is 1.42 bits per heavy atom. The summed E-state index contributed by atoms with van der Waals surface area (Å²) in [7, 11) is 0. The van der Waals surface area contributed by atoms with Crippen molar-refractivity contribution in [3.63, 3.8) is 0 Å². The zero-order chi connectivity index (χ0) is 20.0. The fourth-order valence-corrected chi connectivity index (χ4v) is 2.14. The van der Waals surface area contributed by atoms with Crippen LogP contribution in [0, 0.1) is 0 Å². The van der Waals surface area contributed by atoms with Crippen molar-refractivity contribution in [2.24, 2.45) is 0 Å². The Morgan fingerprint density at radius 3 is 1.88 bits per heavy atom. The summed E-state index contributed by atoms with van der Waals surface area (Å²) in [5.74, 6) is -0.639. The highest BCUT2D eigenvalue weighted by molar-refractivity contribution is 5.77. The molecule has 7 nitrogen and oxygen atoms in total. The Hall–Kier alpha value is -1.18. The smallest absolute Gasteiger partial charge is 0.323 e. The second-order valence-corrected chi connectivity index (χ2v) is 5.85. The van der Waals surface area contributed by atoms with Crippen LogP contribution in [0.2, 0.25) is 0 Å². The number of unbranched alkanes of at least 4 members (excludes halogenated alkanes) is 5. The molecule has 0 heterocycles. The fourth-order valence-electron chi connectivity index (χ4n) is 2.14. The van der Waals surface area contributed by atoms with E-state index in [-0.39, 0.29) is 31.7 Å². The van der Waals surface area contributed by atoms with Gasteiger partial charge < -0.3 is 19.7 Å². The van der Waals surface area contributed by atoms with Gasteiger partial charge >= 0.3 is 11.9 Å². The maximum Gasteiger partial charge on any atom is 0.323 e. The molecule has 1 atom stereocenters. The lowest BCUT2D eigenvalue weighted by atomic mass is 10.1. The highest BCUT2D eigenvalue weighted by Crippen LogP contribution is 2.05. The molecule has 0 amide bonds. The van der Waals surface area contributed by atoms with E-state index in [0.29, 0.717) is 19.6 Å². The van der Waals surface area contributed by atoms with Gasteiger partial charge in [0.1, 0.15) is 6.04 Å². The summed E-state index contributed by atoms with van der Waals surface area (Å²) in [6, 6.07) is -0.416. The Bertz CT molecular complexity index is 319. The number of carbonyl (C=O) groups is 2. The highest BCUT2D eigenvalue weighted by atomic mass is 16.5. The summed E-state index contributed by atoms with van der Waals surface area (Å²) in [4.78, 5) is 22.9. The van der Waals surface area contributed by atoms with Gasteiger partial charge in [-0.3, -0.25) is 14.9 Å². The predicted molar refractivity (Wildman–Crippen MR) is 102 cm³/mol. The minimum absolute atomic E-state index is 0.0451. The summed E-state index contributed by atoms with van der Waals surface area (Å²) < 4.78 is 9.78. The normalized spacial score (nSPS) is 11.3. The average molecular weight is 378 g/mol. The number of esters is 2. The largest absolute Gasteiger partial charge is 0.465 e. The third-order valence-corrected chi connectivity index (χ3v) is 3.53. The molecular formula is C19H39NO6. The number of ether oxygens (including phenoxy) is 2. The average Bonchev–Trinajstić information content (AvgIpc) is 2.62. The van der Waals surface area contributed by atoms with Crippen molar-refractivity contribution in [2.75, 3.05) is 33.0 Å². The highest BCUT2D eigenvalue weighted by Gasteiger charge is 2.19. The van der Waals surface area contributed by atoms with E-state index in [1.54, 1.807) is 13.8 Å². The van der Waals surface area contributed by atoms with E-state index in [0.717, 1.165) is 44.9 Å². The van der Waals surface area contributed by atoms with Crippen molar-refractivity contribution in [1.29, 1.82) is 0 Å². The van der Waals surface area contributed by atoms with Gasteiger partial charge in [-0.15, -0.1) is 0 Å². The molecule has 0 aliphatic rings. The molecule has 0 aliphatic carbocycles. The minimum Gasteiger partial charge on any atom is -0.465 e. The molecule has 7 heteroatoms. The van der Waals surface area contributed by atoms with Gasteiger partial charge in [-0.05, 0) is 33.1 Å². The van der Waals surface area contributed by atoms with Crippen LogP contribution in [0.5, 0.6) is 0 Å². The van der Waals surface area contributed by atoms with Gasteiger partial charge in [-0.25, -0.2) is 0 Å². The van der Waals surface area contributed by atoms with E-state index < -0.39 is 6.04 Å². The molecular weight excluding hydrogens is 338 g/mol. The molecule has 0 aromatic rings. The maximum absolute atomic E-state index is 11.7. The van der Waals surface area contributed by atoms with Crippen molar-refractivity contribution in [1.82, 2.24) is 5.32 Å². The molecule has 0 saturated heterocycles. The number of aliphatic hydroxyl groups is 2. The molecule has 0 saturated carbocycles. The Morgan fingerprint density at radius 1 is 0.846 bits per heavy atom. The summed E-state index contributed by atoms with van der Waals surface area (Å²) in [5.41, 5.74) is 0. The predicted octanol–water partition coefficient (Wildman–Crippen LogP) is 2.18. The van der Waals surface area contributed by atoms with Gasteiger partial charge in [-0.1, -0.05) is 39.0 Å². The van der Waals surface area contributed by atoms with Crippen LogP contribution < -0.4 is 5.32 Å². The molecule has 0 spiro atoms. The van der Waals surface area contributed by atoms with E-state index in [4.69, 9.17) is 19.7 Å². The van der Waals surface area contributed by atoms with E-state index in [9.17, 15) is 9.59 Å². The summed E-state index contributed by atoms with van der Waals surface area (Å²) >= 11 is 0. The molecule has 0 aromatic heterocycles. The lowest BCUT2D eigenvalue weighted by Gasteiger charge is -2.16. The lowest BCUT2D eigenvalue weighted by molar-refractivity contribution is -0.146. The zero-order valence-corrected chi connectivity index (χ0v) is 16.8. The van der Waals surface area contributed by atoms with E-state index >= 15 is 0 Å². The van der Waals surface area contributed by atoms with Crippen LogP contribution in [0.15, 0.2) is 0 Å². The molecule has 0 fully saturated rings. The van der Waals surface area contributed by atoms with E-state index in [2.05, 4.69) is 12.2 Å². The molecule has 26 heavy (non-hydrogen) atoms. The van der Waals surface area contributed by atoms with Crippen molar-refractivity contribution in [2.45, 2.75) is 78.2 Å². The first kappa shape index (κ1) is 27.0. The van der Waals surface area contributed by atoms with Crippen LogP contribution in [-0.2, 0) is 19.1 Å². The molecule has 1 unspecified atom stereocenters. The van der Waals surface area contributed by atoms with Gasteiger partial charge in [-0.2, -0.15) is 0 Å². The van der Waals surface area contributed by atoms with Gasteiger partial charge in [0.2, 0.25) is 0 Å². The SMILES string of the molecule is CCCCCC(NCC(=O)OCC)C(=O)OCC.OCCCCCCO. The molecule has 0 aromatic carbocycles. The number of nitrogens with one attached hydrogen (secondary N) is 1. The Labute approximate surface area is 158 Å². The molecule has 0 radical (unpaired) electrons. The van der Waals surface area contributed by atoms with E-state index in [1.807, 2.05) is 0 Å². The van der Waals surface area contributed by atoms with Crippen molar-refractivity contribution in [3.8, 4) is 0 Å². The Balaban J connectivity index is 0. The molecule has 156 valence electrons. The van der Waals surface area contributed by atoms with Crippen LogP contribution in [0.25, 0.3) is 0 Å². The monoisotopic (exact) mass is 377 g/mol. The summed E-state index contributed by atoms with van der Waals surface area (Å²) in [6.07, 6.45) is 7.61. The standard InChI is InChI=1S/C13H25NO4.C6H14O2/c1-4-7-8-9-11(13(16)18-6-3)14-10-12(15)17-5-2;7-5-3-1-2-4-6-8/h11,14H,4-10H2,1-3H3;7-8H,1-6H2. The van der Waals surface area contributed by atoms with Crippen molar-refractivity contribution < 1.29 is 29.3 Å². The maximum atomic E-state index is 11.7. The number of carbonyl (C=O) groups excluding carboxylic acids is 2.